The highest BCUT2D eigenvalue weighted by Gasteiger charge is 2.25. The lowest BCUT2D eigenvalue weighted by atomic mass is 9.80. The minimum Gasteiger partial charge on any atom is -0.493 e. The van der Waals surface area contributed by atoms with Gasteiger partial charge in [-0.05, 0) is 31.0 Å². The van der Waals surface area contributed by atoms with E-state index in [1.54, 1.807) is 6.26 Å². The number of fused-ring (bicyclic) bond motifs is 1. The van der Waals surface area contributed by atoms with Crippen molar-refractivity contribution < 1.29 is 13.9 Å². The molecule has 0 bridgehead atoms. The van der Waals surface area contributed by atoms with Gasteiger partial charge in [0.2, 0.25) is 0 Å². The maximum Gasteiger partial charge on any atom is 0.140 e. The van der Waals surface area contributed by atoms with Gasteiger partial charge in [0.25, 0.3) is 0 Å². The summed E-state index contributed by atoms with van der Waals surface area (Å²) in [4.78, 5) is 12.1. The van der Waals surface area contributed by atoms with E-state index >= 15 is 0 Å². The molecule has 1 saturated carbocycles. The summed E-state index contributed by atoms with van der Waals surface area (Å²) >= 11 is 3.34. The minimum absolute atomic E-state index is 0.271. The van der Waals surface area contributed by atoms with Gasteiger partial charge in [0.1, 0.15) is 17.1 Å². The summed E-state index contributed by atoms with van der Waals surface area (Å²) in [5.41, 5.74) is 1.79. The number of halogens is 1. The van der Waals surface area contributed by atoms with Gasteiger partial charge in [-0.15, -0.1) is 0 Å². The number of ketones is 1. The molecule has 0 saturated heterocycles. The molecule has 0 N–H and O–H groups in total. The second-order valence-corrected chi connectivity index (χ2v) is 6.02. The second kappa shape index (κ2) is 6.00. The van der Waals surface area contributed by atoms with E-state index in [1.165, 1.54) is 6.42 Å². The zero-order valence-corrected chi connectivity index (χ0v) is 12.8. The standard InChI is InChI=1S/C16H17BrO3/c17-6-7-19-13-4-5-16-14(9-13)12(10-20-16)8-15(18)11-2-1-3-11/h4-5,9-11H,1-3,6-8H2. The highest BCUT2D eigenvalue weighted by molar-refractivity contribution is 9.09. The van der Waals surface area contributed by atoms with E-state index in [2.05, 4.69) is 15.9 Å². The number of rotatable bonds is 6. The third kappa shape index (κ3) is 2.75. The molecular formula is C16H17BrO3. The van der Waals surface area contributed by atoms with Gasteiger partial charge in [0, 0.05) is 28.6 Å². The van der Waals surface area contributed by atoms with Crippen LogP contribution in [0.2, 0.25) is 0 Å². The summed E-state index contributed by atoms with van der Waals surface area (Å²) in [5, 5.41) is 1.79. The highest BCUT2D eigenvalue weighted by atomic mass is 79.9. The topological polar surface area (TPSA) is 39.4 Å². The van der Waals surface area contributed by atoms with Gasteiger partial charge in [-0.25, -0.2) is 0 Å². The largest absolute Gasteiger partial charge is 0.493 e. The number of carbonyl (C=O) groups excluding carboxylic acids is 1. The molecule has 0 radical (unpaired) electrons. The Hall–Kier alpha value is -1.29. The summed E-state index contributed by atoms with van der Waals surface area (Å²) < 4.78 is 11.1. The first-order valence-corrected chi connectivity index (χ1v) is 8.11. The Morgan fingerprint density at radius 3 is 2.95 bits per heavy atom. The normalized spacial score (nSPS) is 15.2. The molecule has 1 heterocycles. The molecule has 0 spiro atoms. The molecule has 0 atom stereocenters. The third-order valence-electron chi connectivity index (χ3n) is 3.90. The van der Waals surface area contributed by atoms with Crippen molar-refractivity contribution in [2.24, 2.45) is 5.92 Å². The van der Waals surface area contributed by atoms with Gasteiger partial charge < -0.3 is 9.15 Å². The molecular weight excluding hydrogens is 320 g/mol. The fourth-order valence-corrected chi connectivity index (χ4v) is 2.67. The summed E-state index contributed by atoms with van der Waals surface area (Å²) in [6.45, 7) is 0.625. The molecule has 1 fully saturated rings. The molecule has 1 aliphatic carbocycles. The van der Waals surface area contributed by atoms with Crippen LogP contribution in [0, 0.1) is 5.92 Å². The lowest BCUT2D eigenvalue weighted by molar-refractivity contribution is -0.124. The van der Waals surface area contributed by atoms with E-state index in [0.717, 1.165) is 40.5 Å². The predicted molar refractivity (Wildman–Crippen MR) is 81.6 cm³/mol. The molecule has 0 amide bonds. The van der Waals surface area contributed by atoms with E-state index in [-0.39, 0.29) is 5.92 Å². The SMILES string of the molecule is O=C(Cc1coc2ccc(OCCBr)cc12)C1CCC1. The van der Waals surface area contributed by atoms with Crippen molar-refractivity contribution >= 4 is 32.7 Å². The Balaban J connectivity index is 1.80. The molecule has 4 heteroatoms. The molecule has 3 rings (SSSR count). The van der Waals surface area contributed by atoms with Crippen molar-refractivity contribution in [3.05, 3.63) is 30.0 Å². The molecule has 0 aliphatic heterocycles. The minimum atomic E-state index is 0.271. The summed E-state index contributed by atoms with van der Waals surface area (Å²) in [5.74, 6) is 1.43. The average molecular weight is 337 g/mol. The number of ether oxygens (including phenoxy) is 1. The quantitative estimate of drug-likeness (QED) is 0.745. The smallest absolute Gasteiger partial charge is 0.140 e. The number of Topliss-reactive ketones (excluding diaryl/α,β-unsaturated/α-hetero) is 1. The van der Waals surface area contributed by atoms with Gasteiger partial charge in [-0.1, -0.05) is 22.4 Å². The molecule has 3 nitrogen and oxygen atoms in total. The van der Waals surface area contributed by atoms with Crippen molar-refractivity contribution in [1.29, 1.82) is 0 Å². The van der Waals surface area contributed by atoms with Crippen LogP contribution in [-0.4, -0.2) is 17.7 Å². The van der Waals surface area contributed by atoms with Crippen molar-refractivity contribution in [1.82, 2.24) is 0 Å². The summed E-state index contributed by atoms with van der Waals surface area (Å²) in [6, 6.07) is 5.76. The first kappa shape index (κ1) is 13.7. The van der Waals surface area contributed by atoms with Gasteiger partial charge in [0.15, 0.2) is 0 Å². The van der Waals surface area contributed by atoms with E-state index in [4.69, 9.17) is 9.15 Å². The molecule has 0 unspecified atom stereocenters. The lowest BCUT2D eigenvalue weighted by Gasteiger charge is -2.23. The van der Waals surface area contributed by atoms with Crippen LogP contribution < -0.4 is 4.74 Å². The highest BCUT2D eigenvalue weighted by Crippen LogP contribution is 2.31. The first-order chi connectivity index (χ1) is 9.78. The fourth-order valence-electron chi connectivity index (χ4n) is 2.51. The van der Waals surface area contributed by atoms with Crippen molar-refractivity contribution in [2.75, 3.05) is 11.9 Å². The zero-order chi connectivity index (χ0) is 13.9. The van der Waals surface area contributed by atoms with Crippen LogP contribution in [0.25, 0.3) is 11.0 Å². The molecule has 106 valence electrons. The van der Waals surface area contributed by atoms with Gasteiger partial charge in [-0.3, -0.25) is 4.79 Å². The van der Waals surface area contributed by atoms with E-state index < -0.39 is 0 Å². The Bertz CT molecular complexity index is 613. The number of furan rings is 1. The summed E-state index contributed by atoms with van der Waals surface area (Å²) in [6.07, 6.45) is 5.46. The van der Waals surface area contributed by atoms with Gasteiger partial charge in [-0.2, -0.15) is 0 Å². The van der Waals surface area contributed by atoms with Crippen molar-refractivity contribution in [2.45, 2.75) is 25.7 Å². The number of benzene rings is 1. The van der Waals surface area contributed by atoms with E-state index in [0.29, 0.717) is 18.8 Å². The van der Waals surface area contributed by atoms with Crippen LogP contribution >= 0.6 is 15.9 Å². The van der Waals surface area contributed by atoms with Crippen LogP contribution in [-0.2, 0) is 11.2 Å². The molecule has 1 aromatic carbocycles. The van der Waals surface area contributed by atoms with Crippen molar-refractivity contribution in [3.8, 4) is 5.75 Å². The van der Waals surface area contributed by atoms with Crippen LogP contribution in [0.15, 0.2) is 28.9 Å². The molecule has 20 heavy (non-hydrogen) atoms. The molecule has 2 aromatic rings. The third-order valence-corrected chi connectivity index (χ3v) is 4.22. The Kier molecular flexibility index (Phi) is 4.10. The zero-order valence-electron chi connectivity index (χ0n) is 11.2. The van der Waals surface area contributed by atoms with Gasteiger partial charge >= 0.3 is 0 Å². The van der Waals surface area contributed by atoms with Gasteiger partial charge in [0.05, 0.1) is 12.9 Å². The van der Waals surface area contributed by atoms with Crippen LogP contribution in [0.3, 0.4) is 0 Å². The van der Waals surface area contributed by atoms with Crippen LogP contribution in [0.1, 0.15) is 24.8 Å². The monoisotopic (exact) mass is 336 g/mol. The van der Waals surface area contributed by atoms with Crippen molar-refractivity contribution in [3.63, 3.8) is 0 Å². The van der Waals surface area contributed by atoms with Crippen LogP contribution in [0.4, 0.5) is 0 Å². The predicted octanol–water partition coefficient (Wildman–Crippen LogP) is 4.12. The number of alkyl halides is 1. The number of hydrogen-bond acceptors (Lipinski definition) is 3. The molecule has 1 aliphatic rings. The Labute approximate surface area is 126 Å². The maximum atomic E-state index is 12.1. The average Bonchev–Trinajstić information content (AvgIpc) is 2.77. The maximum absolute atomic E-state index is 12.1. The Morgan fingerprint density at radius 1 is 1.40 bits per heavy atom. The van der Waals surface area contributed by atoms with E-state index in [1.807, 2.05) is 18.2 Å². The number of carbonyl (C=O) groups is 1. The van der Waals surface area contributed by atoms with E-state index in [9.17, 15) is 4.79 Å². The Morgan fingerprint density at radius 2 is 2.25 bits per heavy atom. The lowest BCUT2D eigenvalue weighted by Crippen LogP contribution is -2.23. The fraction of sp³-hybridized carbons (Fsp3) is 0.438. The number of hydrogen-bond donors (Lipinski definition) is 0. The first-order valence-electron chi connectivity index (χ1n) is 6.99. The molecule has 1 aromatic heterocycles. The second-order valence-electron chi connectivity index (χ2n) is 5.23. The van der Waals surface area contributed by atoms with Crippen LogP contribution in [0.5, 0.6) is 5.75 Å². The summed E-state index contributed by atoms with van der Waals surface area (Å²) in [7, 11) is 0.